The molecule has 0 bridgehead atoms. The fourth-order valence-corrected chi connectivity index (χ4v) is 2.79. The van der Waals surface area contributed by atoms with E-state index in [-0.39, 0.29) is 17.5 Å². The third-order valence-electron chi connectivity index (χ3n) is 3.92. The topological polar surface area (TPSA) is 58.9 Å². The molecule has 0 saturated carbocycles. The molecule has 4 heteroatoms. The van der Waals surface area contributed by atoms with Gasteiger partial charge in [0.15, 0.2) is 5.78 Å². The average molecular weight is 295 g/mol. The Morgan fingerprint density at radius 3 is 2.57 bits per heavy atom. The highest BCUT2D eigenvalue weighted by Crippen LogP contribution is 2.30. The Balaban J connectivity index is 2.68. The minimum atomic E-state index is 0.0135. The van der Waals surface area contributed by atoms with Gasteiger partial charge in [0, 0.05) is 12.8 Å². The Morgan fingerprint density at radius 1 is 1.24 bits per heavy atom. The van der Waals surface area contributed by atoms with Crippen LogP contribution in [0.1, 0.15) is 72.1 Å². The Kier molecular flexibility index (Phi) is 8.09. The van der Waals surface area contributed by atoms with Crippen molar-refractivity contribution in [2.45, 2.75) is 72.1 Å². The van der Waals surface area contributed by atoms with Crippen molar-refractivity contribution >= 4 is 11.5 Å². The summed E-state index contributed by atoms with van der Waals surface area (Å²) in [7, 11) is 0. The van der Waals surface area contributed by atoms with Gasteiger partial charge in [-0.25, -0.2) is 0 Å². The zero-order valence-corrected chi connectivity index (χ0v) is 13.7. The molecule has 0 radical (unpaired) electrons. The third-order valence-corrected chi connectivity index (χ3v) is 3.92. The number of unbranched alkanes of at least 4 members (excludes halogenated alkanes) is 3. The van der Waals surface area contributed by atoms with Crippen LogP contribution in [0, 0.1) is 5.92 Å². The monoisotopic (exact) mass is 295 g/mol. The normalized spacial score (nSPS) is 20.0. The zero-order chi connectivity index (χ0) is 15.7. The Hall–Kier alpha value is -1.32. The van der Waals surface area contributed by atoms with E-state index in [4.69, 9.17) is 4.84 Å². The predicted octanol–water partition coefficient (Wildman–Crippen LogP) is 4.55. The van der Waals surface area contributed by atoms with E-state index in [9.17, 15) is 9.90 Å². The molecule has 120 valence electrons. The van der Waals surface area contributed by atoms with Crippen LogP contribution in [-0.4, -0.2) is 23.2 Å². The van der Waals surface area contributed by atoms with Gasteiger partial charge in [-0.3, -0.25) is 4.79 Å². The number of rotatable bonds is 9. The minimum absolute atomic E-state index is 0.0135. The van der Waals surface area contributed by atoms with Gasteiger partial charge in [0.05, 0.1) is 11.3 Å². The molecular weight excluding hydrogens is 266 g/mol. The molecule has 4 nitrogen and oxygen atoms in total. The van der Waals surface area contributed by atoms with Gasteiger partial charge in [-0.2, -0.15) is 0 Å². The van der Waals surface area contributed by atoms with E-state index in [0.717, 1.165) is 12.8 Å². The number of carbonyl (C=O) groups excluding carboxylic acids is 1. The van der Waals surface area contributed by atoms with E-state index in [2.05, 4.69) is 12.1 Å². The number of Topliss-reactive ketones (excluding diaryl/α,β-unsaturated/α-hetero) is 1. The van der Waals surface area contributed by atoms with Gasteiger partial charge in [-0.15, -0.1) is 0 Å². The molecule has 1 aliphatic rings. The lowest BCUT2D eigenvalue weighted by molar-refractivity contribution is -0.116. The second-order valence-electron chi connectivity index (χ2n) is 5.68. The summed E-state index contributed by atoms with van der Waals surface area (Å²) in [5.41, 5.74) is 0.972. The van der Waals surface area contributed by atoms with Crippen molar-refractivity contribution in [3.63, 3.8) is 0 Å². The van der Waals surface area contributed by atoms with Crippen molar-refractivity contribution < 1.29 is 14.7 Å². The molecule has 1 rings (SSSR count). The lowest BCUT2D eigenvalue weighted by Crippen LogP contribution is -2.24. The molecule has 0 aliphatic heterocycles. The van der Waals surface area contributed by atoms with Gasteiger partial charge < -0.3 is 9.94 Å². The van der Waals surface area contributed by atoms with E-state index in [1.165, 1.54) is 19.3 Å². The first-order valence-electron chi connectivity index (χ1n) is 8.28. The summed E-state index contributed by atoms with van der Waals surface area (Å²) in [5, 5.41) is 14.2. The molecule has 0 aromatic heterocycles. The number of ketones is 1. The summed E-state index contributed by atoms with van der Waals surface area (Å²) in [6.45, 7) is 6.42. The molecule has 0 spiro atoms. The number of hydrogen-bond donors (Lipinski definition) is 1. The van der Waals surface area contributed by atoms with Gasteiger partial charge in [0.2, 0.25) is 0 Å². The highest BCUT2D eigenvalue weighted by molar-refractivity contribution is 6.22. The Bertz CT molecular complexity index is 399. The van der Waals surface area contributed by atoms with E-state index >= 15 is 0 Å². The number of carbonyl (C=O) groups is 1. The number of hydrogen-bond acceptors (Lipinski definition) is 4. The standard InChI is InChI=1S/C17H29NO3/c1-4-7-8-9-10-13-11-15(19)17(16(20)12-13)14(5-2)18-21-6-3/h13,19H,4-12H2,1-3H3/b18-14-. The lowest BCUT2D eigenvalue weighted by atomic mass is 9.82. The molecule has 21 heavy (non-hydrogen) atoms. The number of aliphatic hydroxyl groups is 1. The van der Waals surface area contributed by atoms with Crippen molar-refractivity contribution in [3.05, 3.63) is 11.3 Å². The van der Waals surface area contributed by atoms with Gasteiger partial charge in [0.1, 0.15) is 12.4 Å². The first kappa shape index (κ1) is 17.7. The van der Waals surface area contributed by atoms with Crippen LogP contribution in [0.25, 0.3) is 0 Å². The maximum Gasteiger partial charge on any atom is 0.168 e. The van der Waals surface area contributed by atoms with Gasteiger partial charge in [0.25, 0.3) is 0 Å². The zero-order valence-electron chi connectivity index (χ0n) is 13.7. The van der Waals surface area contributed by atoms with Crippen LogP contribution in [0.3, 0.4) is 0 Å². The number of aliphatic hydroxyl groups excluding tert-OH is 1. The molecular formula is C17H29NO3. The van der Waals surface area contributed by atoms with Crippen molar-refractivity contribution in [2.75, 3.05) is 6.61 Å². The number of nitrogens with zero attached hydrogens (tertiary/aromatic N) is 1. The van der Waals surface area contributed by atoms with Gasteiger partial charge in [-0.05, 0) is 25.7 Å². The molecule has 1 atom stereocenters. The van der Waals surface area contributed by atoms with Crippen molar-refractivity contribution in [3.8, 4) is 0 Å². The predicted molar refractivity (Wildman–Crippen MR) is 85.5 cm³/mol. The van der Waals surface area contributed by atoms with Crippen molar-refractivity contribution in [2.24, 2.45) is 11.1 Å². The van der Waals surface area contributed by atoms with Crippen LogP contribution in [0.4, 0.5) is 0 Å². The molecule has 0 fully saturated rings. The molecule has 0 amide bonds. The lowest BCUT2D eigenvalue weighted by Gasteiger charge is -2.23. The highest BCUT2D eigenvalue weighted by Gasteiger charge is 2.30. The largest absolute Gasteiger partial charge is 0.511 e. The SMILES string of the molecule is CCCCCCC1CC(=O)C(/C(CC)=N\OCC)=C(O)C1. The van der Waals surface area contributed by atoms with Crippen LogP contribution in [0.15, 0.2) is 16.5 Å². The maximum absolute atomic E-state index is 12.3. The van der Waals surface area contributed by atoms with E-state index in [1.807, 2.05) is 13.8 Å². The molecule has 0 heterocycles. The third kappa shape index (κ3) is 5.52. The summed E-state index contributed by atoms with van der Waals surface area (Å²) < 4.78 is 0. The fraction of sp³-hybridized carbons (Fsp3) is 0.765. The van der Waals surface area contributed by atoms with E-state index in [0.29, 0.717) is 37.2 Å². The molecule has 1 unspecified atom stereocenters. The summed E-state index contributed by atoms with van der Waals surface area (Å²) in [6.07, 6.45) is 7.54. The second kappa shape index (κ2) is 9.59. The van der Waals surface area contributed by atoms with Crippen molar-refractivity contribution in [1.82, 2.24) is 0 Å². The van der Waals surface area contributed by atoms with Crippen LogP contribution in [0.5, 0.6) is 0 Å². The fourth-order valence-electron chi connectivity index (χ4n) is 2.79. The summed E-state index contributed by atoms with van der Waals surface area (Å²) in [6, 6.07) is 0. The van der Waals surface area contributed by atoms with Gasteiger partial charge in [-0.1, -0.05) is 44.7 Å². The Labute approximate surface area is 128 Å². The number of oxime groups is 1. The molecule has 0 aromatic carbocycles. The van der Waals surface area contributed by atoms with E-state index < -0.39 is 0 Å². The maximum atomic E-state index is 12.3. The van der Waals surface area contributed by atoms with E-state index in [1.54, 1.807) is 0 Å². The summed E-state index contributed by atoms with van der Waals surface area (Å²) >= 11 is 0. The van der Waals surface area contributed by atoms with Crippen LogP contribution >= 0.6 is 0 Å². The Morgan fingerprint density at radius 2 is 2.00 bits per heavy atom. The second-order valence-corrected chi connectivity index (χ2v) is 5.68. The molecule has 0 aromatic rings. The summed E-state index contributed by atoms with van der Waals surface area (Å²) in [4.78, 5) is 17.4. The first-order chi connectivity index (χ1) is 10.1. The first-order valence-corrected chi connectivity index (χ1v) is 8.28. The van der Waals surface area contributed by atoms with Crippen LogP contribution in [-0.2, 0) is 9.63 Å². The molecule has 0 saturated heterocycles. The minimum Gasteiger partial charge on any atom is -0.511 e. The quantitative estimate of drug-likeness (QED) is 0.385. The smallest absolute Gasteiger partial charge is 0.168 e. The molecule has 1 N–H and O–H groups in total. The molecule has 1 aliphatic carbocycles. The van der Waals surface area contributed by atoms with Crippen LogP contribution in [0.2, 0.25) is 0 Å². The average Bonchev–Trinajstić information content (AvgIpc) is 2.46. The summed E-state index contributed by atoms with van der Waals surface area (Å²) in [5.74, 6) is 0.495. The van der Waals surface area contributed by atoms with Crippen molar-refractivity contribution in [1.29, 1.82) is 0 Å². The highest BCUT2D eigenvalue weighted by atomic mass is 16.6. The number of allylic oxidation sites excluding steroid dienone is 2. The van der Waals surface area contributed by atoms with Crippen LogP contribution < -0.4 is 0 Å². The van der Waals surface area contributed by atoms with Gasteiger partial charge >= 0.3 is 0 Å².